The summed E-state index contributed by atoms with van der Waals surface area (Å²) in [5.41, 5.74) is 0. The Kier molecular flexibility index (Phi) is 2.64. The monoisotopic (exact) mass is 247 g/mol. The van der Waals surface area contributed by atoms with Crippen LogP contribution in [-0.2, 0) is 6.42 Å². The van der Waals surface area contributed by atoms with Gasteiger partial charge in [0.05, 0.1) is 0 Å². The molecule has 0 aromatic carbocycles. The number of hydrogen-bond acceptors (Lipinski definition) is 4. The Hall–Kier alpha value is -0.900. The molecule has 1 aromatic rings. The van der Waals surface area contributed by atoms with E-state index in [4.69, 9.17) is 4.42 Å². The summed E-state index contributed by atoms with van der Waals surface area (Å²) in [5, 5.41) is 11.9. The summed E-state index contributed by atoms with van der Waals surface area (Å²) >= 11 is 0. The zero-order valence-electron chi connectivity index (χ0n) is 10.8. The van der Waals surface area contributed by atoms with E-state index >= 15 is 0 Å². The molecule has 0 bridgehead atoms. The molecule has 1 N–H and O–H groups in total. The first kappa shape index (κ1) is 11.0. The van der Waals surface area contributed by atoms with Crippen LogP contribution in [0.25, 0.3) is 0 Å². The van der Waals surface area contributed by atoms with Crippen LogP contribution < -0.4 is 5.32 Å². The average Bonchev–Trinajstić information content (AvgIpc) is 3.26. The van der Waals surface area contributed by atoms with Gasteiger partial charge < -0.3 is 9.73 Å². The van der Waals surface area contributed by atoms with Crippen molar-refractivity contribution in [2.45, 2.75) is 56.9 Å². The highest BCUT2D eigenvalue weighted by Gasteiger charge is 2.47. The fourth-order valence-electron chi connectivity index (χ4n) is 3.28. The first-order valence-corrected chi connectivity index (χ1v) is 7.44. The second-order valence-electron chi connectivity index (χ2n) is 6.29. The minimum Gasteiger partial charge on any atom is -0.425 e. The molecule has 0 radical (unpaired) electrons. The highest BCUT2D eigenvalue weighted by atomic mass is 16.4. The van der Waals surface area contributed by atoms with Crippen molar-refractivity contribution in [3.63, 3.8) is 0 Å². The van der Waals surface area contributed by atoms with Gasteiger partial charge in [0.2, 0.25) is 11.8 Å². The molecular formula is C14H21N3O. The average molecular weight is 247 g/mol. The summed E-state index contributed by atoms with van der Waals surface area (Å²) in [7, 11) is 0. The molecule has 4 rings (SSSR count). The lowest BCUT2D eigenvalue weighted by Gasteiger charge is -2.04. The Morgan fingerprint density at radius 2 is 1.94 bits per heavy atom. The lowest BCUT2D eigenvalue weighted by Crippen LogP contribution is -2.17. The van der Waals surface area contributed by atoms with Gasteiger partial charge >= 0.3 is 0 Å². The maximum atomic E-state index is 5.81. The largest absolute Gasteiger partial charge is 0.425 e. The normalized spacial score (nSPS) is 33.7. The third kappa shape index (κ3) is 2.30. The van der Waals surface area contributed by atoms with Crippen LogP contribution in [0.5, 0.6) is 0 Å². The summed E-state index contributed by atoms with van der Waals surface area (Å²) in [5.74, 6) is 4.27. The van der Waals surface area contributed by atoms with Crippen LogP contribution in [0.3, 0.4) is 0 Å². The van der Waals surface area contributed by atoms with Crippen molar-refractivity contribution in [2.24, 2.45) is 11.8 Å². The smallest absolute Gasteiger partial charge is 0.219 e. The summed E-state index contributed by atoms with van der Waals surface area (Å²) in [6.45, 7) is 1.08. The third-order valence-electron chi connectivity index (χ3n) is 4.65. The van der Waals surface area contributed by atoms with Gasteiger partial charge in [-0.3, -0.25) is 0 Å². The molecule has 3 fully saturated rings. The number of aryl methyl sites for hydroxylation is 1. The van der Waals surface area contributed by atoms with E-state index < -0.39 is 0 Å². The van der Waals surface area contributed by atoms with Crippen molar-refractivity contribution >= 4 is 0 Å². The topological polar surface area (TPSA) is 51.0 Å². The predicted molar refractivity (Wildman–Crippen MR) is 67.2 cm³/mol. The molecule has 3 aliphatic carbocycles. The SMILES string of the molecule is C(CNC1CC1)Cc1nnc(C2CC3CC3C2)o1. The summed E-state index contributed by atoms with van der Waals surface area (Å²) in [6, 6.07) is 0.800. The van der Waals surface area contributed by atoms with Gasteiger partial charge in [-0.25, -0.2) is 0 Å². The van der Waals surface area contributed by atoms with E-state index in [9.17, 15) is 0 Å². The van der Waals surface area contributed by atoms with Crippen molar-refractivity contribution in [1.29, 1.82) is 0 Å². The predicted octanol–water partition coefficient (Wildman–Crippen LogP) is 2.27. The zero-order valence-corrected chi connectivity index (χ0v) is 10.8. The van der Waals surface area contributed by atoms with Crippen LogP contribution in [-0.4, -0.2) is 22.8 Å². The van der Waals surface area contributed by atoms with Gasteiger partial charge in [0.25, 0.3) is 0 Å². The standard InChI is InChI=1S/C14H21N3O/c1(5-15-12-3-4-12)2-13-16-17-14(18-13)11-7-9-6-10(9)8-11/h9-12,15H,1-8H2. The lowest BCUT2D eigenvalue weighted by molar-refractivity contribution is 0.399. The van der Waals surface area contributed by atoms with Crippen molar-refractivity contribution in [3.05, 3.63) is 11.8 Å². The van der Waals surface area contributed by atoms with Crippen molar-refractivity contribution in [2.75, 3.05) is 6.54 Å². The van der Waals surface area contributed by atoms with Gasteiger partial charge in [-0.1, -0.05) is 0 Å². The highest BCUT2D eigenvalue weighted by molar-refractivity contribution is 5.06. The Morgan fingerprint density at radius 3 is 2.72 bits per heavy atom. The van der Waals surface area contributed by atoms with Crippen LogP contribution in [0.2, 0.25) is 0 Å². The van der Waals surface area contributed by atoms with Gasteiger partial charge in [0.15, 0.2) is 0 Å². The molecule has 4 nitrogen and oxygen atoms in total. The zero-order chi connectivity index (χ0) is 11.9. The second kappa shape index (κ2) is 4.34. The van der Waals surface area contributed by atoms with E-state index in [2.05, 4.69) is 15.5 Å². The molecule has 98 valence electrons. The lowest BCUT2D eigenvalue weighted by atomic mass is 10.0. The molecular weight excluding hydrogens is 226 g/mol. The third-order valence-corrected chi connectivity index (χ3v) is 4.65. The first-order chi connectivity index (χ1) is 8.88. The minimum absolute atomic E-state index is 0.569. The van der Waals surface area contributed by atoms with Crippen molar-refractivity contribution in [1.82, 2.24) is 15.5 Å². The fraction of sp³-hybridized carbons (Fsp3) is 0.857. The number of aromatic nitrogens is 2. The molecule has 1 aromatic heterocycles. The number of hydrogen-bond donors (Lipinski definition) is 1. The summed E-state index contributed by atoms with van der Waals surface area (Å²) < 4.78 is 5.81. The summed E-state index contributed by atoms with van der Waals surface area (Å²) in [6.07, 6.45) is 8.76. The van der Waals surface area contributed by atoms with Gasteiger partial charge in [-0.05, 0) is 56.9 Å². The molecule has 18 heavy (non-hydrogen) atoms. The van der Waals surface area contributed by atoms with E-state index in [1.165, 1.54) is 32.1 Å². The van der Waals surface area contributed by atoms with E-state index in [-0.39, 0.29) is 0 Å². The molecule has 1 heterocycles. The van der Waals surface area contributed by atoms with Crippen LogP contribution in [0.4, 0.5) is 0 Å². The number of nitrogens with zero attached hydrogens (tertiary/aromatic N) is 2. The molecule has 0 saturated heterocycles. The fourth-order valence-corrected chi connectivity index (χ4v) is 3.28. The van der Waals surface area contributed by atoms with Gasteiger partial charge in [-0.15, -0.1) is 10.2 Å². The van der Waals surface area contributed by atoms with Crippen molar-refractivity contribution < 1.29 is 4.42 Å². The Labute approximate surface area is 108 Å². The van der Waals surface area contributed by atoms with E-state index in [0.717, 1.165) is 49.0 Å². The highest BCUT2D eigenvalue weighted by Crippen LogP contribution is 2.57. The molecule has 0 spiro atoms. The molecule has 3 saturated carbocycles. The van der Waals surface area contributed by atoms with Crippen LogP contribution >= 0.6 is 0 Å². The number of fused-ring (bicyclic) bond motifs is 1. The maximum Gasteiger partial charge on any atom is 0.219 e. The van der Waals surface area contributed by atoms with Crippen LogP contribution in [0.15, 0.2) is 4.42 Å². The molecule has 4 heteroatoms. The maximum absolute atomic E-state index is 5.81. The number of rotatable bonds is 6. The molecule has 2 unspecified atom stereocenters. The van der Waals surface area contributed by atoms with Crippen molar-refractivity contribution in [3.8, 4) is 0 Å². The Bertz CT molecular complexity index is 416. The van der Waals surface area contributed by atoms with Gasteiger partial charge in [0, 0.05) is 18.4 Å². The quantitative estimate of drug-likeness (QED) is 0.783. The second-order valence-corrected chi connectivity index (χ2v) is 6.29. The van der Waals surface area contributed by atoms with E-state index in [1.807, 2.05) is 0 Å². The number of nitrogens with one attached hydrogen (secondary N) is 1. The molecule has 2 atom stereocenters. The van der Waals surface area contributed by atoms with E-state index in [1.54, 1.807) is 0 Å². The molecule has 0 amide bonds. The Morgan fingerprint density at radius 1 is 1.11 bits per heavy atom. The Balaban J connectivity index is 1.25. The summed E-state index contributed by atoms with van der Waals surface area (Å²) in [4.78, 5) is 0. The van der Waals surface area contributed by atoms with Crippen LogP contribution in [0.1, 0.15) is 56.2 Å². The van der Waals surface area contributed by atoms with Crippen LogP contribution in [0, 0.1) is 11.8 Å². The van der Waals surface area contributed by atoms with E-state index in [0.29, 0.717) is 5.92 Å². The molecule has 0 aliphatic heterocycles. The van der Waals surface area contributed by atoms with Gasteiger partial charge in [0.1, 0.15) is 0 Å². The minimum atomic E-state index is 0.569. The first-order valence-electron chi connectivity index (χ1n) is 7.44. The van der Waals surface area contributed by atoms with Gasteiger partial charge in [-0.2, -0.15) is 0 Å². The molecule has 3 aliphatic rings.